The third kappa shape index (κ3) is 2.61. The molecule has 1 saturated heterocycles. The summed E-state index contributed by atoms with van der Waals surface area (Å²) < 4.78 is 10.4. The first-order valence-electron chi connectivity index (χ1n) is 6.00. The van der Waals surface area contributed by atoms with Crippen LogP contribution in [-0.4, -0.2) is 53.2 Å². The fourth-order valence-electron chi connectivity index (χ4n) is 1.92. The van der Waals surface area contributed by atoms with Crippen LogP contribution in [0.5, 0.6) is 0 Å². The SMILES string of the molecule is CCC(=O)[C@]1(N)C=CN(C2COC(CO)O2)C(=O)N1. The van der Waals surface area contributed by atoms with Gasteiger partial charge >= 0.3 is 6.03 Å². The van der Waals surface area contributed by atoms with Gasteiger partial charge in [0.05, 0.1) is 13.2 Å². The van der Waals surface area contributed by atoms with Gasteiger partial charge in [-0.1, -0.05) is 6.92 Å². The summed E-state index contributed by atoms with van der Waals surface area (Å²) in [7, 11) is 0. The van der Waals surface area contributed by atoms with E-state index in [9.17, 15) is 9.59 Å². The van der Waals surface area contributed by atoms with Crippen LogP contribution >= 0.6 is 0 Å². The van der Waals surface area contributed by atoms with Crippen molar-refractivity contribution >= 4 is 11.8 Å². The average molecular weight is 271 g/mol. The number of nitrogens with zero attached hydrogens (tertiary/aromatic N) is 1. The van der Waals surface area contributed by atoms with Gasteiger partial charge in [-0.05, 0) is 6.08 Å². The summed E-state index contributed by atoms with van der Waals surface area (Å²) in [6, 6.07) is -0.543. The Balaban J connectivity index is 2.09. The van der Waals surface area contributed by atoms with Gasteiger partial charge in [0.2, 0.25) is 0 Å². The maximum Gasteiger partial charge on any atom is 0.325 e. The van der Waals surface area contributed by atoms with Crippen molar-refractivity contribution in [3.05, 3.63) is 12.3 Å². The maximum atomic E-state index is 11.9. The van der Waals surface area contributed by atoms with Crippen molar-refractivity contribution in [1.82, 2.24) is 10.2 Å². The minimum Gasteiger partial charge on any atom is -0.391 e. The van der Waals surface area contributed by atoms with Crippen LogP contribution in [-0.2, 0) is 14.3 Å². The van der Waals surface area contributed by atoms with Crippen LogP contribution in [0.2, 0.25) is 0 Å². The number of hydrogen-bond acceptors (Lipinski definition) is 6. The Bertz CT molecular complexity index is 413. The summed E-state index contributed by atoms with van der Waals surface area (Å²) in [6.07, 6.45) is 1.65. The molecule has 0 saturated carbocycles. The maximum absolute atomic E-state index is 11.9. The molecular formula is C11H17N3O5. The van der Waals surface area contributed by atoms with E-state index in [1.54, 1.807) is 6.92 Å². The molecule has 0 aromatic heterocycles. The van der Waals surface area contributed by atoms with E-state index < -0.39 is 24.2 Å². The van der Waals surface area contributed by atoms with Gasteiger partial charge in [0.1, 0.15) is 0 Å². The molecule has 2 aliphatic heterocycles. The smallest absolute Gasteiger partial charge is 0.325 e. The number of hydrogen-bond donors (Lipinski definition) is 3. The topological polar surface area (TPSA) is 114 Å². The number of nitrogens with two attached hydrogens (primary N) is 1. The first-order chi connectivity index (χ1) is 9.00. The summed E-state index contributed by atoms with van der Waals surface area (Å²) in [5.74, 6) is -0.284. The number of ether oxygens (including phenoxy) is 2. The van der Waals surface area contributed by atoms with Crippen LogP contribution < -0.4 is 11.1 Å². The molecule has 8 nitrogen and oxygen atoms in total. The molecule has 0 spiro atoms. The number of nitrogens with one attached hydrogen (secondary N) is 1. The number of urea groups is 1. The lowest BCUT2D eigenvalue weighted by Crippen LogP contribution is -2.65. The van der Waals surface area contributed by atoms with Gasteiger partial charge < -0.3 is 19.9 Å². The number of amides is 2. The Kier molecular flexibility index (Phi) is 3.85. The van der Waals surface area contributed by atoms with Crippen LogP contribution in [0.1, 0.15) is 13.3 Å². The minimum atomic E-state index is -1.47. The quantitative estimate of drug-likeness (QED) is 0.595. The van der Waals surface area contributed by atoms with Gasteiger partial charge in [0.15, 0.2) is 24.0 Å². The van der Waals surface area contributed by atoms with E-state index in [0.29, 0.717) is 0 Å². The summed E-state index contributed by atoms with van der Waals surface area (Å²) in [6.45, 7) is 1.52. The van der Waals surface area contributed by atoms with Crippen molar-refractivity contribution in [3.8, 4) is 0 Å². The zero-order chi connectivity index (χ0) is 14.0. The highest BCUT2D eigenvalue weighted by Gasteiger charge is 2.40. The van der Waals surface area contributed by atoms with Crippen LogP contribution in [0.4, 0.5) is 4.79 Å². The molecule has 2 rings (SSSR count). The van der Waals surface area contributed by atoms with Crippen molar-refractivity contribution in [2.75, 3.05) is 13.2 Å². The summed E-state index contributed by atoms with van der Waals surface area (Å²) in [5, 5.41) is 11.3. The lowest BCUT2D eigenvalue weighted by molar-refractivity contribution is -0.123. The molecule has 106 valence electrons. The van der Waals surface area contributed by atoms with E-state index in [2.05, 4.69) is 5.32 Å². The highest BCUT2D eigenvalue weighted by atomic mass is 16.7. The monoisotopic (exact) mass is 271 g/mol. The zero-order valence-corrected chi connectivity index (χ0v) is 10.5. The fourth-order valence-corrected chi connectivity index (χ4v) is 1.92. The molecule has 2 amide bonds. The van der Waals surface area contributed by atoms with Crippen molar-refractivity contribution in [2.24, 2.45) is 5.73 Å². The second-order valence-corrected chi connectivity index (χ2v) is 4.34. The first kappa shape index (κ1) is 13.9. The molecule has 0 bridgehead atoms. The van der Waals surface area contributed by atoms with Gasteiger partial charge in [-0.15, -0.1) is 0 Å². The van der Waals surface area contributed by atoms with E-state index in [0.717, 1.165) is 0 Å². The minimum absolute atomic E-state index is 0.141. The summed E-state index contributed by atoms with van der Waals surface area (Å²) >= 11 is 0. The van der Waals surface area contributed by atoms with Gasteiger partial charge in [0.25, 0.3) is 0 Å². The van der Waals surface area contributed by atoms with E-state index >= 15 is 0 Å². The second kappa shape index (κ2) is 5.25. The molecule has 8 heteroatoms. The number of ketones is 1. The molecule has 2 heterocycles. The third-order valence-electron chi connectivity index (χ3n) is 3.02. The van der Waals surface area contributed by atoms with E-state index in [-0.39, 0.29) is 25.4 Å². The lowest BCUT2D eigenvalue weighted by Gasteiger charge is -2.35. The molecule has 3 atom stereocenters. The van der Waals surface area contributed by atoms with E-state index in [1.165, 1.54) is 17.2 Å². The fraction of sp³-hybridized carbons (Fsp3) is 0.636. The van der Waals surface area contributed by atoms with Crippen LogP contribution in [0.3, 0.4) is 0 Å². The highest BCUT2D eigenvalue weighted by molar-refractivity contribution is 5.95. The number of aliphatic hydroxyl groups excluding tert-OH is 1. The summed E-state index contributed by atoms with van der Waals surface area (Å²) in [4.78, 5) is 24.8. The van der Waals surface area contributed by atoms with Crippen LogP contribution in [0.25, 0.3) is 0 Å². The number of carbonyl (C=O) groups is 2. The Hall–Kier alpha value is -1.48. The van der Waals surface area contributed by atoms with Crippen molar-refractivity contribution in [1.29, 1.82) is 0 Å². The standard InChI is InChI=1S/C11H17N3O5/c1-2-7(16)11(12)3-4-14(10(17)13-11)8-6-18-9(5-15)19-8/h3-4,8-9,15H,2,5-6,12H2,1H3,(H,13,17)/t8?,9?,11-/m0/s1. The molecule has 0 radical (unpaired) electrons. The number of rotatable bonds is 4. The Morgan fingerprint density at radius 3 is 3.00 bits per heavy atom. The molecule has 4 N–H and O–H groups in total. The largest absolute Gasteiger partial charge is 0.391 e. The van der Waals surface area contributed by atoms with Gasteiger partial charge in [0, 0.05) is 12.6 Å². The van der Waals surface area contributed by atoms with Crippen molar-refractivity contribution in [3.63, 3.8) is 0 Å². The van der Waals surface area contributed by atoms with Crippen molar-refractivity contribution in [2.45, 2.75) is 31.5 Å². The van der Waals surface area contributed by atoms with E-state index in [1.807, 2.05) is 0 Å². The molecule has 2 unspecified atom stereocenters. The first-order valence-corrected chi connectivity index (χ1v) is 6.00. The average Bonchev–Trinajstić information content (AvgIpc) is 2.86. The van der Waals surface area contributed by atoms with Crippen LogP contribution in [0, 0.1) is 0 Å². The third-order valence-corrected chi connectivity index (χ3v) is 3.02. The van der Waals surface area contributed by atoms with Gasteiger partial charge in [-0.3, -0.25) is 15.4 Å². The molecule has 19 heavy (non-hydrogen) atoms. The number of Topliss-reactive ketones (excluding diaryl/α,β-unsaturated/α-hetero) is 1. The number of carbonyl (C=O) groups excluding carboxylic acids is 2. The van der Waals surface area contributed by atoms with E-state index in [4.69, 9.17) is 20.3 Å². The predicted molar refractivity (Wildman–Crippen MR) is 63.4 cm³/mol. The highest BCUT2D eigenvalue weighted by Crippen LogP contribution is 2.20. The van der Waals surface area contributed by atoms with Crippen molar-refractivity contribution < 1.29 is 24.2 Å². The Labute approximate surface area is 110 Å². The second-order valence-electron chi connectivity index (χ2n) is 4.34. The molecule has 2 aliphatic rings. The zero-order valence-electron chi connectivity index (χ0n) is 10.5. The molecule has 1 fully saturated rings. The normalized spacial score (nSPS) is 34.5. The Morgan fingerprint density at radius 2 is 2.47 bits per heavy atom. The lowest BCUT2D eigenvalue weighted by atomic mass is 10.0. The van der Waals surface area contributed by atoms with Gasteiger partial charge in [-0.2, -0.15) is 0 Å². The molecule has 0 aromatic carbocycles. The molecular weight excluding hydrogens is 254 g/mol. The molecule has 0 aliphatic carbocycles. The van der Waals surface area contributed by atoms with Gasteiger partial charge in [-0.25, -0.2) is 4.79 Å². The number of aliphatic hydroxyl groups is 1. The summed E-state index contributed by atoms with van der Waals surface area (Å²) in [5.41, 5.74) is 4.34. The predicted octanol–water partition coefficient (Wildman–Crippen LogP) is -1.15. The van der Waals surface area contributed by atoms with Crippen LogP contribution in [0.15, 0.2) is 12.3 Å². The molecule has 0 aromatic rings. The Morgan fingerprint density at radius 1 is 1.74 bits per heavy atom.